The molecule has 5 rings (SSSR count). The van der Waals surface area contributed by atoms with Gasteiger partial charge in [-0.2, -0.15) is 0 Å². The summed E-state index contributed by atoms with van der Waals surface area (Å²) in [5.74, 6) is 0.0569. The topological polar surface area (TPSA) is 41.9 Å². The molecule has 1 unspecified atom stereocenters. The molecular weight excluding hydrogens is 300 g/mol. The van der Waals surface area contributed by atoms with E-state index in [9.17, 15) is 4.79 Å². The van der Waals surface area contributed by atoms with Crippen LogP contribution in [0.5, 0.6) is 0 Å². The summed E-state index contributed by atoms with van der Waals surface area (Å²) in [7, 11) is 1.52. The molecule has 0 aromatic heterocycles. The SMILES string of the molecule is C/C=C1/CN2CC[C@]34C(=Nc5ccccc53)[C@@H]2C[C@H]1C4C(=O)OC. The lowest BCUT2D eigenvalue weighted by Crippen LogP contribution is -2.68. The van der Waals surface area contributed by atoms with E-state index in [4.69, 9.17) is 9.73 Å². The van der Waals surface area contributed by atoms with Gasteiger partial charge in [-0.3, -0.25) is 14.7 Å². The Morgan fingerprint density at radius 1 is 1.42 bits per heavy atom. The summed E-state index contributed by atoms with van der Waals surface area (Å²) in [4.78, 5) is 20.5. The van der Waals surface area contributed by atoms with Gasteiger partial charge in [0.15, 0.2) is 0 Å². The molecule has 2 saturated heterocycles. The van der Waals surface area contributed by atoms with Gasteiger partial charge in [-0.1, -0.05) is 29.8 Å². The molecule has 3 fully saturated rings. The number of allylic oxidation sites excluding steroid dienone is 1. The Balaban J connectivity index is 1.79. The number of esters is 1. The normalized spacial score (nSPS) is 37.8. The zero-order valence-electron chi connectivity index (χ0n) is 14.2. The van der Waals surface area contributed by atoms with E-state index in [0.717, 1.165) is 31.6 Å². The number of piperidine rings is 2. The summed E-state index contributed by atoms with van der Waals surface area (Å²) >= 11 is 0. The minimum absolute atomic E-state index is 0.0717. The van der Waals surface area contributed by atoms with Crippen LogP contribution in [0.1, 0.15) is 25.3 Å². The van der Waals surface area contributed by atoms with Crippen molar-refractivity contribution in [2.24, 2.45) is 16.8 Å². The van der Waals surface area contributed by atoms with E-state index in [2.05, 4.69) is 36.1 Å². The summed E-state index contributed by atoms with van der Waals surface area (Å²) < 4.78 is 5.31. The second-order valence-electron chi connectivity index (χ2n) is 7.43. The maximum absolute atomic E-state index is 12.9. The minimum Gasteiger partial charge on any atom is -0.469 e. The van der Waals surface area contributed by atoms with Gasteiger partial charge in [-0.15, -0.1) is 0 Å². The number of hydrogen-bond donors (Lipinski definition) is 0. The van der Waals surface area contributed by atoms with E-state index in [-0.39, 0.29) is 23.2 Å². The molecule has 4 aliphatic rings. The van der Waals surface area contributed by atoms with E-state index in [1.807, 2.05) is 6.07 Å². The molecule has 4 heteroatoms. The minimum atomic E-state index is -0.261. The maximum Gasteiger partial charge on any atom is 0.310 e. The monoisotopic (exact) mass is 322 g/mol. The maximum atomic E-state index is 12.9. The number of carbonyl (C=O) groups is 1. The number of para-hydroxylation sites is 1. The standard InChI is InChI=1S/C20H22N2O2/c1-3-12-11-22-9-8-20-14-6-4-5-7-15(14)21-18(20)16(22)10-13(12)17(20)19(23)24-2/h3-7,13,16-17H,8-11H2,1-2H3/b12-3-/t13-,16+,17?,20+/m1/s1. The average Bonchev–Trinajstić information content (AvgIpc) is 2.96. The highest BCUT2D eigenvalue weighted by atomic mass is 16.5. The molecule has 1 aromatic rings. The number of nitrogens with zero attached hydrogens (tertiary/aromatic N) is 2. The number of fused-ring (bicyclic) bond motifs is 2. The average molecular weight is 322 g/mol. The number of hydrogen-bond acceptors (Lipinski definition) is 4. The quantitative estimate of drug-likeness (QED) is 0.590. The number of methoxy groups -OCH3 is 1. The molecule has 1 aliphatic carbocycles. The van der Waals surface area contributed by atoms with Crippen LogP contribution in [0.4, 0.5) is 5.69 Å². The van der Waals surface area contributed by atoms with Crippen molar-refractivity contribution in [3.8, 4) is 0 Å². The lowest BCUT2D eigenvalue weighted by atomic mass is 9.51. The van der Waals surface area contributed by atoms with Gasteiger partial charge in [0.25, 0.3) is 0 Å². The van der Waals surface area contributed by atoms with Crippen LogP contribution in [0, 0.1) is 11.8 Å². The largest absolute Gasteiger partial charge is 0.469 e. The highest BCUT2D eigenvalue weighted by molar-refractivity contribution is 6.09. The van der Waals surface area contributed by atoms with Crippen molar-refractivity contribution in [2.45, 2.75) is 31.2 Å². The van der Waals surface area contributed by atoms with Crippen LogP contribution in [0.2, 0.25) is 0 Å². The second-order valence-corrected chi connectivity index (χ2v) is 7.43. The Bertz CT molecular complexity index is 797. The lowest BCUT2D eigenvalue weighted by molar-refractivity contribution is -0.151. The molecule has 0 spiro atoms. The number of aliphatic imine (C=N–C) groups is 1. The van der Waals surface area contributed by atoms with Gasteiger partial charge in [0.05, 0.1) is 24.1 Å². The summed E-state index contributed by atoms with van der Waals surface area (Å²) in [6, 6.07) is 8.76. The van der Waals surface area contributed by atoms with Gasteiger partial charge >= 0.3 is 5.97 Å². The van der Waals surface area contributed by atoms with E-state index in [1.54, 1.807) is 0 Å². The Morgan fingerprint density at radius 2 is 2.25 bits per heavy atom. The van der Waals surface area contributed by atoms with Crippen LogP contribution in [-0.4, -0.2) is 42.8 Å². The fourth-order valence-corrected chi connectivity index (χ4v) is 5.77. The fourth-order valence-electron chi connectivity index (χ4n) is 5.77. The van der Waals surface area contributed by atoms with Crippen molar-refractivity contribution in [3.63, 3.8) is 0 Å². The first kappa shape index (κ1) is 14.4. The molecule has 24 heavy (non-hydrogen) atoms. The molecule has 3 aliphatic heterocycles. The van der Waals surface area contributed by atoms with Crippen molar-refractivity contribution in [1.29, 1.82) is 0 Å². The zero-order chi connectivity index (χ0) is 16.5. The molecule has 0 radical (unpaired) electrons. The van der Waals surface area contributed by atoms with Crippen LogP contribution in [0.15, 0.2) is 40.9 Å². The van der Waals surface area contributed by atoms with Gasteiger partial charge in [0, 0.05) is 24.8 Å². The smallest absolute Gasteiger partial charge is 0.310 e. The molecule has 4 atom stereocenters. The van der Waals surface area contributed by atoms with Crippen LogP contribution >= 0.6 is 0 Å². The number of carbonyl (C=O) groups excluding carboxylic acids is 1. The molecule has 0 N–H and O–H groups in total. The highest BCUT2D eigenvalue weighted by Gasteiger charge is 2.65. The van der Waals surface area contributed by atoms with E-state index in [1.165, 1.54) is 24.0 Å². The fraction of sp³-hybridized carbons (Fsp3) is 0.500. The molecule has 3 bridgehead atoms. The van der Waals surface area contributed by atoms with Gasteiger partial charge in [-0.05, 0) is 37.3 Å². The first-order valence-corrected chi connectivity index (χ1v) is 8.86. The van der Waals surface area contributed by atoms with E-state index >= 15 is 0 Å². The van der Waals surface area contributed by atoms with Crippen LogP contribution in [-0.2, 0) is 14.9 Å². The van der Waals surface area contributed by atoms with Crippen LogP contribution in [0.3, 0.4) is 0 Å². The summed E-state index contributed by atoms with van der Waals surface area (Å²) in [5, 5.41) is 0. The molecular formula is C20H22N2O2. The van der Waals surface area contributed by atoms with E-state index < -0.39 is 0 Å². The van der Waals surface area contributed by atoms with Crippen LogP contribution in [0.25, 0.3) is 0 Å². The molecule has 1 saturated carbocycles. The van der Waals surface area contributed by atoms with E-state index in [0.29, 0.717) is 6.04 Å². The number of ether oxygens (including phenoxy) is 1. The third-order valence-corrected chi connectivity index (χ3v) is 6.73. The lowest BCUT2D eigenvalue weighted by Gasteiger charge is -2.59. The third-order valence-electron chi connectivity index (χ3n) is 6.73. The van der Waals surface area contributed by atoms with Crippen molar-refractivity contribution in [3.05, 3.63) is 41.5 Å². The summed E-state index contributed by atoms with van der Waals surface area (Å²) in [6.07, 6.45) is 4.17. The highest BCUT2D eigenvalue weighted by Crippen LogP contribution is 2.60. The summed E-state index contributed by atoms with van der Waals surface area (Å²) in [5.41, 5.74) is 4.64. The van der Waals surface area contributed by atoms with Crippen molar-refractivity contribution in [1.82, 2.24) is 4.90 Å². The van der Waals surface area contributed by atoms with Gasteiger partial charge in [-0.25, -0.2) is 0 Å². The first-order chi connectivity index (χ1) is 11.7. The Kier molecular flexibility index (Phi) is 2.88. The predicted molar refractivity (Wildman–Crippen MR) is 92.6 cm³/mol. The Labute approximate surface area is 142 Å². The van der Waals surface area contributed by atoms with Crippen molar-refractivity contribution >= 4 is 17.4 Å². The molecule has 124 valence electrons. The van der Waals surface area contributed by atoms with Gasteiger partial charge in [0.1, 0.15) is 0 Å². The second kappa shape index (κ2) is 4.79. The first-order valence-electron chi connectivity index (χ1n) is 8.86. The molecule has 4 nitrogen and oxygen atoms in total. The zero-order valence-corrected chi connectivity index (χ0v) is 14.2. The van der Waals surface area contributed by atoms with Crippen molar-refractivity contribution < 1.29 is 9.53 Å². The molecule has 3 heterocycles. The van der Waals surface area contributed by atoms with Crippen molar-refractivity contribution in [2.75, 3.05) is 20.2 Å². The molecule has 0 amide bonds. The third kappa shape index (κ3) is 1.53. The predicted octanol–water partition coefficient (Wildman–Crippen LogP) is 2.85. The number of benzene rings is 1. The summed E-state index contributed by atoms with van der Waals surface area (Å²) in [6.45, 7) is 4.09. The van der Waals surface area contributed by atoms with Gasteiger partial charge in [0.2, 0.25) is 0 Å². The number of rotatable bonds is 1. The Hall–Kier alpha value is -1.94. The van der Waals surface area contributed by atoms with Crippen LogP contribution < -0.4 is 0 Å². The molecule has 1 aromatic carbocycles. The Morgan fingerprint density at radius 3 is 3.04 bits per heavy atom. The van der Waals surface area contributed by atoms with Gasteiger partial charge < -0.3 is 4.74 Å².